The molecule has 0 heterocycles. The van der Waals surface area contributed by atoms with Gasteiger partial charge < -0.3 is 15.7 Å². The highest BCUT2D eigenvalue weighted by molar-refractivity contribution is 6.00. The summed E-state index contributed by atoms with van der Waals surface area (Å²) in [6.45, 7) is 3.54. The fourth-order valence-electron chi connectivity index (χ4n) is 1.87. The van der Waals surface area contributed by atoms with E-state index >= 15 is 0 Å². The molecule has 114 valence electrons. The van der Waals surface area contributed by atoms with Gasteiger partial charge in [-0.05, 0) is 18.1 Å². The number of nitro benzene ring substituents is 1. The maximum atomic E-state index is 12.4. The number of carbonyl (C=O) groups excluding carboxylic acids is 2. The van der Waals surface area contributed by atoms with Crippen molar-refractivity contribution >= 4 is 17.5 Å². The average molecular weight is 295 g/mol. The number of primary amides is 1. The lowest BCUT2D eigenvalue weighted by Gasteiger charge is -2.23. The Morgan fingerprint density at radius 2 is 2.05 bits per heavy atom. The molecule has 2 amide bonds. The SMILES string of the molecule is CC(C)CN(CC(N)=O)C(=O)c1cc(O)ccc1[N+](=O)[O-]. The van der Waals surface area contributed by atoms with Gasteiger partial charge in [-0.1, -0.05) is 13.8 Å². The summed E-state index contributed by atoms with van der Waals surface area (Å²) >= 11 is 0. The minimum absolute atomic E-state index is 0.0460. The molecule has 21 heavy (non-hydrogen) atoms. The normalized spacial score (nSPS) is 10.4. The molecule has 8 heteroatoms. The van der Waals surface area contributed by atoms with Crippen molar-refractivity contribution in [2.45, 2.75) is 13.8 Å². The summed E-state index contributed by atoms with van der Waals surface area (Å²) in [7, 11) is 0. The first kappa shape index (κ1) is 16.4. The van der Waals surface area contributed by atoms with Crippen molar-refractivity contribution in [3.63, 3.8) is 0 Å². The fraction of sp³-hybridized carbons (Fsp3) is 0.385. The smallest absolute Gasteiger partial charge is 0.282 e. The number of rotatable bonds is 6. The van der Waals surface area contributed by atoms with Gasteiger partial charge in [0.05, 0.1) is 11.5 Å². The molecule has 8 nitrogen and oxygen atoms in total. The molecule has 1 aromatic rings. The fourth-order valence-corrected chi connectivity index (χ4v) is 1.87. The Hall–Kier alpha value is -2.64. The number of nitrogens with two attached hydrogens (primary N) is 1. The molecule has 0 bridgehead atoms. The van der Waals surface area contributed by atoms with Crippen LogP contribution in [0.15, 0.2) is 18.2 Å². The van der Waals surface area contributed by atoms with Crippen LogP contribution in [0.4, 0.5) is 5.69 Å². The van der Waals surface area contributed by atoms with E-state index in [1.165, 1.54) is 0 Å². The first-order valence-electron chi connectivity index (χ1n) is 6.27. The van der Waals surface area contributed by atoms with Gasteiger partial charge in [-0.3, -0.25) is 19.7 Å². The molecule has 1 rings (SSSR count). The summed E-state index contributed by atoms with van der Waals surface area (Å²) in [6, 6.07) is 3.17. The van der Waals surface area contributed by atoms with Gasteiger partial charge in [0, 0.05) is 12.6 Å². The highest BCUT2D eigenvalue weighted by Crippen LogP contribution is 2.25. The lowest BCUT2D eigenvalue weighted by molar-refractivity contribution is -0.385. The molecule has 0 radical (unpaired) electrons. The molecular formula is C13H17N3O5. The molecule has 0 atom stereocenters. The summed E-state index contributed by atoms with van der Waals surface area (Å²) in [6.07, 6.45) is 0. The van der Waals surface area contributed by atoms with Crippen molar-refractivity contribution in [3.05, 3.63) is 33.9 Å². The number of amides is 2. The molecule has 1 aromatic carbocycles. The largest absolute Gasteiger partial charge is 0.508 e. The number of hydrogen-bond acceptors (Lipinski definition) is 5. The van der Waals surface area contributed by atoms with Crippen LogP contribution in [0.25, 0.3) is 0 Å². The predicted molar refractivity (Wildman–Crippen MR) is 74.7 cm³/mol. The summed E-state index contributed by atoms with van der Waals surface area (Å²) in [5, 5.41) is 20.4. The molecule has 0 spiro atoms. The van der Waals surface area contributed by atoms with E-state index in [1.807, 2.05) is 13.8 Å². The zero-order chi connectivity index (χ0) is 16.2. The maximum Gasteiger partial charge on any atom is 0.282 e. The van der Waals surface area contributed by atoms with E-state index in [9.17, 15) is 24.8 Å². The molecule has 0 saturated heterocycles. The number of aromatic hydroxyl groups is 1. The van der Waals surface area contributed by atoms with Gasteiger partial charge >= 0.3 is 0 Å². The Morgan fingerprint density at radius 1 is 1.43 bits per heavy atom. The number of phenols is 1. The van der Waals surface area contributed by atoms with Crippen molar-refractivity contribution in [3.8, 4) is 5.75 Å². The highest BCUT2D eigenvalue weighted by atomic mass is 16.6. The molecule has 0 aliphatic rings. The van der Waals surface area contributed by atoms with Crippen molar-refractivity contribution in [1.29, 1.82) is 0 Å². The topological polar surface area (TPSA) is 127 Å². The van der Waals surface area contributed by atoms with Crippen LogP contribution in [0.5, 0.6) is 5.75 Å². The second-order valence-corrected chi connectivity index (χ2v) is 5.00. The second kappa shape index (κ2) is 6.69. The minimum atomic E-state index is -0.718. The Kier molecular flexibility index (Phi) is 5.23. The van der Waals surface area contributed by atoms with Crippen LogP contribution in [-0.2, 0) is 4.79 Å². The van der Waals surface area contributed by atoms with Crippen molar-refractivity contribution in [1.82, 2.24) is 4.90 Å². The van der Waals surface area contributed by atoms with E-state index in [1.54, 1.807) is 0 Å². The molecule has 3 N–H and O–H groups in total. The number of carbonyl (C=O) groups is 2. The first-order chi connectivity index (χ1) is 9.72. The van der Waals surface area contributed by atoms with Crippen LogP contribution in [0.3, 0.4) is 0 Å². The highest BCUT2D eigenvalue weighted by Gasteiger charge is 2.26. The Morgan fingerprint density at radius 3 is 2.52 bits per heavy atom. The third kappa shape index (κ3) is 4.44. The second-order valence-electron chi connectivity index (χ2n) is 5.00. The third-order valence-electron chi connectivity index (χ3n) is 2.63. The van der Waals surface area contributed by atoms with Crippen molar-refractivity contribution < 1.29 is 19.6 Å². The van der Waals surface area contributed by atoms with Crippen LogP contribution in [0, 0.1) is 16.0 Å². The molecule has 0 aromatic heterocycles. The van der Waals surface area contributed by atoms with Gasteiger partial charge in [0.1, 0.15) is 11.3 Å². The standard InChI is InChI=1S/C13H17N3O5/c1-8(2)6-15(7-12(14)18)13(19)10-5-9(17)3-4-11(10)16(20)21/h3-5,8,17H,6-7H2,1-2H3,(H2,14,18). The monoisotopic (exact) mass is 295 g/mol. The van der Waals surface area contributed by atoms with Crippen LogP contribution < -0.4 is 5.73 Å². The summed E-state index contributed by atoms with van der Waals surface area (Å²) in [5.41, 5.74) is 4.39. The molecule has 0 fully saturated rings. The zero-order valence-corrected chi connectivity index (χ0v) is 11.8. The van der Waals surface area contributed by atoms with E-state index in [0.717, 1.165) is 23.1 Å². The number of nitro groups is 1. The van der Waals surface area contributed by atoms with E-state index in [2.05, 4.69) is 0 Å². The number of benzene rings is 1. The molecule has 0 saturated carbocycles. The van der Waals surface area contributed by atoms with Gasteiger partial charge in [0.25, 0.3) is 11.6 Å². The quantitative estimate of drug-likeness (QED) is 0.595. The first-order valence-corrected chi connectivity index (χ1v) is 6.27. The Bertz CT molecular complexity index is 571. The molecule has 0 unspecified atom stereocenters. The van der Waals surface area contributed by atoms with E-state index in [4.69, 9.17) is 5.73 Å². The van der Waals surface area contributed by atoms with Gasteiger partial charge in [-0.25, -0.2) is 0 Å². The van der Waals surface area contributed by atoms with E-state index in [-0.39, 0.29) is 30.3 Å². The van der Waals surface area contributed by atoms with Crippen LogP contribution >= 0.6 is 0 Å². The Labute approximate surface area is 121 Å². The summed E-state index contributed by atoms with van der Waals surface area (Å²) in [5.74, 6) is -1.66. The van der Waals surface area contributed by atoms with Crippen molar-refractivity contribution in [2.75, 3.05) is 13.1 Å². The van der Waals surface area contributed by atoms with E-state index < -0.39 is 22.4 Å². The van der Waals surface area contributed by atoms with Gasteiger partial charge in [0.2, 0.25) is 5.91 Å². The van der Waals surface area contributed by atoms with Gasteiger partial charge in [-0.15, -0.1) is 0 Å². The minimum Gasteiger partial charge on any atom is -0.508 e. The molecule has 0 aliphatic heterocycles. The lowest BCUT2D eigenvalue weighted by atomic mass is 10.1. The Balaban J connectivity index is 3.21. The maximum absolute atomic E-state index is 12.4. The van der Waals surface area contributed by atoms with Crippen LogP contribution in [0.2, 0.25) is 0 Å². The van der Waals surface area contributed by atoms with Crippen LogP contribution in [0.1, 0.15) is 24.2 Å². The van der Waals surface area contributed by atoms with Gasteiger partial charge in [0.15, 0.2) is 0 Å². The van der Waals surface area contributed by atoms with Gasteiger partial charge in [-0.2, -0.15) is 0 Å². The predicted octanol–water partition coefficient (Wildman–Crippen LogP) is 0.884. The summed E-state index contributed by atoms with van der Waals surface area (Å²) < 4.78 is 0. The lowest BCUT2D eigenvalue weighted by Crippen LogP contribution is -2.40. The number of hydrogen-bond donors (Lipinski definition) is 2. The zero-order valence-electron chi connectivity index (χ0n) is 11.8. The van der Waals surface area contributed by atoms with Crippen molar-refractivity contribution in [2.24, 2.45) is 11.7 Å². The number of nitrogens with zero attached hydrogens (tertiary/aromatic N) is 2. The molecular weight excluding hydrogens is 278 g/mol. The average Bonchev–Trinajstić information content (AvgIpc) is 2.35. The van der Waals surface area contributed by atoms with E-state index in [0.29, 0.717) is 0 Å². The third-order valence-corrected chi connectivity index (χ3v) is 2.63. The number of phenolic OH excluding ortho intramolecular Hbond substituents is 1. The molecule has 0 aliphatic carbocycles. The summed E-state index contributed by atoms with van der Waals surface area (Å²) in [4.78, 5) is 34.8. The van der Waals surface area contributed by atoms with Crippen LogP contribution in [-0.4, -0.2) is 39.8 Å².